The number of rotatable bonds is 11. The van der Waals surface area contributed by atoms with Crippen LogP contribution in [0.2, 0.25) is 0 Å². The third-order valence-corrected chi connectivity index (χ3v) is 8.68. The summed E-state index contributed by atoms with van der Waals surface area (Å²) in [7, 11) is -4.16. The van der Waals surface area contributed by atoms with E-state index in [0.717, 1.165) is 14.8 Å². The summed E-state index contributed by atoms with van der Waals surface area (Å²) < 4.78 is 43.3. The average molecular weight is 572 g/mol. The first kappa shape index (κ1) is 30.2. The third-order valence-electron chi connectivity index (χ3n) is 6.15. The summed E-state index contributed by atoms with van der Waals surface area (Å²) in [6.07, 6.45) is 1.89. The van der Waals surface area contributed by atoms with Crippen LogP contribution in [0.3, 0.4) is 0 Å². The molecule has 0 unspecified atom stereocenters. The molecule has 10 heteroatoms. The second kappa shape index (κ2) is 13.1. The van der Waals surface area contributed by atoms with Crippen molar-refractivity contribution in [3.05, 3.63) is 89.7 Å². The SMILES string of the molecule is CSc1ccc(S(=O)(=O)N(CC(=O)N(Cc2ccccc2F)[C@H](C)C(=O)NC(C)C)c2ccc(C)cc2)cc1. The van der Waals surface area contributed by atoms with Gasteiger partial charge in [0.05, 0.1) is 10.6 Å². The molecule has 0 aliphatic heterocycles. The van der Waals surface area contributed by atoms with Crippen LogP contribution in [0.25, 0.3) is 0 Å². The number of hydrogen-bond acceptors (Lipinski definition) is 5. The van der Waals surface area contributed by atoms with Gasteiger partial charge in [-0.2, -0.15) is 0 Å². The van der Waals surface area contributed by atoms with Gasteiger partial charge in [-0.3, -0.25) is 13.9 Å². The Labute approximate surface area is 234 Å². The van der Waals surface area contributed by atoms with E-state index in [0.29, 0.717) is 5.69 Å². The first-order valence-electron chi connectivity index (χ1n) is 12.5. The van der Waals surface area contributed by atoms with E-state index in [2.05, 4.69) is 5.32 Å². The van der Waals surface area contributed by atoms with E-state index in [1.165, 1.54) is 47.0 Å². The lowest BCUT2D eigenvalue weighted by Crippen LogP contribution is -2.52. The molecule has 2 amide bonds. The van der Waals surface area contributed by atoms with Crippen molar-refractivity contribution in [3.8, 4) is 0 Å². The number of amides is 2. The summed E-state index contributed by atoms with van der Waals surface area (Å²) in [6.45, 7) is 6.22. The lowest BCUT2D eigenvalue weighted by Gasteiger charge is -2.32. The number of nitrogens with one attached hydrogen (secondary N) is 1. The number of aryl methyl sites for hydroxylation is 1. The first-order chi connectivity index (χ1) is 18.4. The molecule has 0 saturated carbocycles. The van der Waals surface area contributed by atoms with E-state index >= 15 is 0 Å². The van der Waals surface area contributed by atoms with Gasteiger partial charge in [-0.1, -0.05) is 35.9 Å². The molecule has 0 bridgehead atoms. The van der Waals surface area contributed by atoms with E-state index in [4.69, 9.17) is 0 Å². The van der Waals surface area contributed by atoms with Crippen LogP contribution in [0.5, 0.6) is 0 Å². The Kier molecular flexibility index (Phi) is 10.2. The standard InChI is InChI=1S/C29H34FN3O4S2/c1-20(2)31-29(35)22(4)32(18-23-8-6-7-9-27(23)30)28(34)19-33(24-12-10-21(3)11-13-24)39(36,37)26-16-14-25(38-5)15-17-26/h6-17,20,22H,18-19H2,1-5H3,(H,31,35)/t22-/m1/s1. The maximum atomic E-state index is 14.6. The predicted molar refractivity (Wildman–Crippen MR) is 154 cm³/mol. The van der Waals surface area contributed by atoms with Crippen molar-refractivity contribution in [2.75, 3.05) is 17.1 Å². The minimum absolute atomic E-state index is 0.0277. The molecule has 0 spiro atoms. The fourth-order valence-electron chi connectivity index (χ4n) is 3.91. The summed E-state index contributed by atoms with van der Waals surface area (Å²) in [5.74, 6) is -1.59. The van der Waals surface area contributed by atoms with Crippen LogP contribution in [0.15, 0.2) is 82.6 Å². The van der Waals surface area contributed by atoms with Gasteiger partial charge in [0.1, 0.15) is 18.4 Å². The van der Waals surface area contributed by atoms with Crippen molar-refractivity contribution in [3.63, 3.8) is 0 Å². The zero-order valence-electron chi connectivity index (χ0n) is 22.7. The minimum Gasteiger partial charge on any atom is -0.352 e. The predicted octanol–water partition coefficient (Wildman–Crippen LogP) is 4.99. The molecule has 3 rings (SSSR count). The Bertz CT molecular complexity index is 1390. The van der Waals surface area contributed by atoms with E-state index in [9.17, 15) is 22.4 Å². The largest absolute Gasteiger partial charge is 0.352 e. The smallest absolute Gasteiger partial charge is 0.264 e. The number of anilines is 1. The molecular weight excluding hydrogens is 537 g/mol. The van der Waals surface area contributed by atoms with Crippen LogP contribution in [-0.2, 0) is 26.2 Å². The van der Waals surface area contributed by atoms with E-state index < -0.39 is 40.2 Å². The molecule has 0 aromatic heterocycles. The number of halogens is 1. The van der Waals surface area contributed by atoms with Gasteiger partial charge >= 0.3 is 0 Å². The Balaban J connectivity index is 2.04. The van der Waals surface area contributed by atoms with Crippen LogP contribution in [0, 0.1) is 12.7 Å². The molecule has 0 saturated heterocycles. The minimum atomic E-state index is -4.16. The summed E-state index contributed by atoms with van der Waals surface area (Å²) in [5, 5.41) is 2.78. The number of carbonyl (C=O) groups excluding carboxylic acids is 2. The molecule has 3 aromatic carbocycles. The van der Waals surface area contributed by atoms with Crippen molar-refractivity contribution < 1.29 is 22.4 Å². The van der Waals surface area contributed by atoms with Gasteiger partial charge in [-0.25, -0.2) is 12.8 Å². The van der Waals surface area contributed by atoms with Gasteiger partial charge in [-0.15, -0.1) is 11.8 Å². The normalized spacial score (nSPS) is 12.2. The molecule has 0 radical (unpaired) electrons. The molecule has 0 heterocycles. The number of sulfonamides is 1. The van der Waals surface area contributed by atoms with Crippen LogP contribution >= 0.6 is 11.8 Å². The molecule has 7 nitrogen and oxygen atoms in total. The number of nitrogens with zero attached hydrogens (tertiary/aromatic N) is 2. The van der Waals surface area contributed by atoms with Crippen molar-refractivity contribution in [1.29, 1.82) is 0 Å². The van der Waals surface area contributed by atoms with Gasteiger partial charge in [-0.05, 0) is 76.4 Å². The zero-order chi connectivity index (χ0) is 28.7. The van der Waals surface area contributed by atoms with Crippen molar-refractivity contribution in [2.45, 2.75) is 56.1 Å². The van der Waals surface area contributed by atoms with Gasteiger partial charge in [0.15, 0.2) is 0 Å². The van der Waals surface area contributed by atoms with E-state index in [-0.39, 0.29) is 23.0 Å². The molecule has 3 aromatic rings. The monoisotopic (exact) mass is 571 g/mol. The van der Waals surface area contributed by atoms with Crippen LogP contribution in [-0.4, -0.2) is 50.0 Å². The molecule has 0 aliphatic rings. The average Bonchev–Trinajstić information content (AvgIpc) is 2.91. The fraction of sp³-hybridized carbons (Fsp3) is 0.310. The van der Waals surface area contributed by atoms with Gasteiger partial charge in [0.2, 0.25) is 11.8 Å². The van der Waals surface area contributed by atoms with Crippen LogP contribution in [0.4, 0.5) is 10.1 Å². The second-order valence-electron chi connectivity index (χ2n) is 9.48. The quantitative estimate of drug-likeness (QED) is 0.328. The summed E-state index contributed by atoms with van der Waals surface area (Å²) >= 11 is 1.48. The molecular formula is C29H34FN3O4S2. The maximum absolute atomic E-state index is 14.6. The van der Waals surface area contributed by atoms with Crippen molar-refractivity contribution in [2.24, 2.45) is 0 Å². The van der Waals surface area contributed by atoms with Gasteiger partial charge in [0, 0.05) is 23.0 Å². The highest BCUT2D eigenvalue weighted by atomic mass is 32.2. The Morgan fingerprint density at radius 3 is 2.13 bits per heavy atom. The first-order valence-corrected chi connectivity index (χ1v) is 15.2. The molecule has 0 fully saturated rings. The van der Waals surface area contributed by atoms with E-state index in [1.807, 2.05) is 13.2 Å². The molecule has 1 N–H and O–H groups in total. The zero-order valence-corrected chi connectivity index (χ0v) is 24.4. The lowest BCUT2D eigenvalue weighted by atomic mass is 10.1. The number of carbonyl (C=O) groups is 2. The number of thioether (sulfide) groups is 1. The van der Waals surface area contributed by atoms with E-state index in [1.54, 1.807) is 63.2 Å². The van der Waals surface area contributed by atoms with Crippen LogP contribution in [0.1, 0.15) is 31.9 Å². The number of hydrogen-bond donors (Lipinski definition) is 1. The molecule has 39 heavy (non-hydrogen) atoms. The fourth-order valence-corrected chi connectivity index (χ4v) is 5.73. The highest BCUT2D eigenvalue weighted by molar-refractivity contribution is 7.98. The highest BCUT2D eigenvalue weighted by Crippen LogP contribution is 2.26. The summed E-state index contributed by atoms with van der Waals surface area (Å²) in [5.41, 5.74) is 1.44. The van der Waals surface area contributed by atoms with Crippen molar-refractivity contribution >= 4 is 39.3 Å². The second-order valence-corrected chi connectivity index (χ2v) is 12.2. The Morgan fingerprint density at radius 2 is 1.56 bits per heavy atom. The van der Waals surface area contributed by atoms with Crippen molar-refractivity contribution in [1.82, 2.24) is 10.2 Å². The maximum Gasteiger partial charge on any atom is 0.264 e. The third kappa shape index (κ3) is 7.60. The highest BCUT2D eigenvalue weighted by Gasteiger charge is 2.33. The Hall–Kier alpha value is -3.37. The van der Waals surface area contributed by atoms with Crippen LogP contribution < -0.4 is 9.62 Å². The van der Waals surface area contributed by atoms with Gasteiger partial charge < -0.3 is 10.2 Å². The topological polar surface area (TPSA) is 86.8 Å². The summed E-state index contributed by atoms with van der Waals surface area (Å²) in [6, 6.07) is 18.0. The molecule has 1 atom stereocenters. The molecule has 0 aliphatic carbocycles. The molecule has 208 valence electrons. The van der Waals surface area contributed by atoms with Gasteiger partial charge in [0.25, 0.3) is 10.0 Å². The summed E-state index contributed by atoms with van der Waals surface area (Å²) in [4.78, 5) is 28.9. The Morgan fingerprint density at radius 1 is 0.949 bits per heavy atom. The number of benzene rings is 3. The lowest BCUT2D eigenvalue weighted by molar-refractivity contribution is -0.139.